The summed E-state index contributed by atoms with van der Waals surface area (Å²) in [5, 5.41) is 3.82. The summed E-state index contributed by atoms with van der Waals surface area (Å²) >= 11 is 0. The molecule has 1 aromatic rings. The van der Waals surface area contributed by atoms with Crippen LogP contribution in [0.25, 0.3) is 0 Å². The molecule has 0 saturated carbocycles. The van der Waals surface area contributed by atoms with E-state index in [1.807, 2.05) is 18.2 Å². The van der Waals surface area contributed by atoms with E-state index in [-0.39, 0.29) is 12.5 Å². The van der Waals surface area contributed by atoms with Crippen LogP contribution >= 0.6 is 0 Å². The Bertz CT molecular complexity index is 361. The third kappa shape index (κ3) is 6.35. The van der Waals surface area contributed by atoms with Crippen LogP contribution in [0.4, 0.5) is 0 Å². The zero-order chi connectivity index (χ0) is 12.5. The van der Waals surface area contributed by atoms with Gasteiger partial charge in [-0.05, 0) is 24.5 Å². The summed E-state index contributed by atoms with van der Waals surface area (Å²) in [7, 11) is 0. The number of amides is 1. The molecule has 92 valence electrons. The number of carbonyl (C=O) groups excluding carboxylic acids is 1. The van der Waals surface area contributed by atoms with E-state index >= 15 is 0 Å². The second-order valence-electron chi connectivity index (χ2n) is 4.08. The van der Waals surface area contributed by atoms with Gasteiger partial charge >= 0.3 is 0 Å². The van der Waals surface area contributed by atoms with Crippen LogP contribution in [0.15, 0.2) is 35.4 Å². The van der Waals surface area contributed by atoms with Crippen LogP contribution in [0.1, 0.15) is 20.3 Å². The fourth-order valence-corrected chi connectivity index (χ4v) is 1.08. The molecule has 0 spiro atoms. The lowest BCUT2D eigenvalue weighted by Gasteiger charge is -2.04. The van der Waals surface area contributed by atoms with Crippen LogP contribution in [0.5, 0.6) is 5.75 Å². The van der Waals surface area contributed by atoms with Gasteiger partial charge in [0.25, 0.3) is 5.91 Å². The maximum absolute atomic E-state index is 11.3. The number of nitrogens with one attached hydrogen (secondary N) is 1. The second kappa shape index (κ2) is 7.44. The number of para-hydroxylation sites is 1. The molecule has 17 heavy (non-hydrogen) atoms. The Morgan fingerprint density at radius 2 is 2.12 bits per heavy atom. The van der Waals surface area contributed by atoms with Gasteiger partial charge in [0.1, 0.15) is 5.75 Å². The Kier molecular flexibility index (Phi) is 5.79. The number of hydrogen-bond acceptors (Lipinski definition) is 3. The number of hydrogen-bond donors (Lipinski definition) is 1. The third-order valence-electron chi connectivity index (χ3n) is 1.97. The van der Waals surface area contributed by atoms with Crippen molar-refractivity contribution in [1.82, 2.24) is 5.43 Å². The molecule has 0 radical (unpaired) electrons. The minimum atomic E-state index is -0.256. The van der Waals surface area contributed by atoms with E-state index in [4.69, 9.17) is 4.74 Å². The zero-order valence-electron chi connectivity index (χ0n) is 10.2. The summed E-state index contributed by atoms with van der Waals surface area (Å²) in [5.41, 5.74) is 2.41. The number of hydrazone groups is 1. The molecule has 1 amide bonds. The summed E-state index contributed by atoms with van der Waals surface area (Å²) < 4.78 is 5.26. The molecule has 1 aromatic carbocycles. The summed E-state index contributed by atoms with van der Waals surface area (Å²) in [6.07, 6.45) is 2.55. The molecule has 0 aliphatic carbocycles. The molecule has 0 unspecified atom stereocenters. The number of benzene rings is 1. The quantitative estimate of drug-likeness (QED) is 0.606. The lowest BCUT2D eigenvalue weighted by atomic mass is 10.2. The van der Waals surface area contributed by atoms with Crippen molar-refractivity contribution in [2.75, 3.05) is 6.61 Å². The van der Waals surface area contributed by atoms with Gasteiger partial charge in [-0.15, -0.1) is 0 Å². The van der Waals surface area contributed by atoms with Crippen molar-refractivity contribution >= 4 is 12.1 Å². The Morgan fingerprint density at radius 3 is 2.76 bits per heavy atom. The molecule has 0 aromatic heterocycles. The predicted molar refractivity (Wildman–Crippen MR) is 68.0 cm³/mol. The van der Waals surface area contributed by atoms with E-state index in [1.54, 1.807) is 18.3 Å². The number of rotatable bonds is 6. The van der Waals surface area contributed by atoms with Gasteiger partial charge in [-0.1, -0.05) is 32.0 Å². The van der Waals surface area contributed by atoms with Gasteiger partial charge < -0.3 is 4.74 Å². The van der Waals surface area contributed by atoms with Crippen molar-refractivity contribution in [3.05, 3.63) is 30.3 Å². The first-order valence-electron chi connectivity index (χ1n) is 5.66. The highest BCUT2D eigenvalue weighted by Crippen LogP contribution is 2.07. The fraction of sp³-hybridized carbons (Fsp3) is 0.385. The summed E-state index contributed by atoms with van der Waals surface area (Å²) in [5.74, 6) is 0.957. The number of nitrogens with zero attached hydrogens (tertiary/aromatic N) is 1. The van der Waals surface area contributed by atoms with Gasteiger partial charge in [0.05, 0.1) is 0 Å². The van der Waals surface area contributed by atoms with Gasteiger partial charge in [-0.25, -0.2) is 5.43 Å². The first-order chi connectivity index (χ1) is 8.18. The van der Waals surface area contributed by atoms with E-state index in [9.17, 15) is 4.79 Å². The first-order valence-corrected chi connectivity index (χ1v) is 5.66. The Labute approximate surface area is 102 Å². The highest BCUT2D eigenvalue weighted by Gasteiger charge is 2.00. The van der Waals surface area contributed by atoms with E-state index in [0.717, 1.165) is 6.42 Å². The molecule has 1 N–H and O–H groups in total. The lowest BCUT2D eigenvalue weighted by Crippen LogP contribution is -2.24. The van der Waals surface area contributed by atoms with Crippen LogP contribution in [0, 0.1) is 5.92 Å². The Balaban J connectivity index is 2.20. The van der Waals surface area contributed by atoms with Gasteiger partial charge in [0.15, 0.2) is 6.61 Å². The highest BCUT2D eigenvalue weighted by atomic mass is 16.5. The van der Waals surface area contributed by atoms with Crippen LogP contribution in [0.2, 0.25) is 0 Å². The monoisotopic (exact) mass is 234 g/mol. The van der Waals surface area contributed by atoms with Crippen molar-refractivity contribution in [3.63, 3.8) is 0 Å². The van der Waals surface area contributed by atoms with Crippen LogP contribution in [-0.4, -0.2) is 18.7 Å². The fourth-order valence-electron chi connectivity index (χ4n) is 1.08. The standard InChI is InChI=1S/C13H18N2O2/c1-11(2)8-9-14-15-13(16)10-17-12-6-4-3-5-7-12/h3-7,9,11H,8,10H2,1-2H3,(H,15,16)/b14-9+. The molecule has 1 rings (SSSR count). The molecule has 0 aliphatic heterocycles. The first kappa shape index (κ1) is 13.2. The van der Waals surface area contributed by atoms with Gasteiger partial charge in [-0.2, -0.15) is 5.10 Å². The molecular weight excluding hydrogens is 216 g/mol. The molecule has 0 atom stereocenters. The summed E-state index contributed by atoms with van der Waals surface area (Å²) in [4.78, 5) is 11.3. The van der Waals surface area contributed by atoms with Crippen LogP contribution in [0.3, 0.4) is 0 Å². The van der Waals surface area contributed by atoms with Crippen molar-refractivity contribution in [1.29, 1.82) is 0 Å². The van der Waals surface area contributed by atoms with Gasteiger partial charge in [-0.3, -0.25) is 4.79 Å². The number of ether oxygens (including phenoxy) is 1. The maximum atomic E-state index is 11.3. The van der Waals surface area contributed by atoms with E-state index in [0.29, 0.717) is 11.7 Å². The highest BCUT2D eigenvalue weighted by molar-refractivity contribution is 5.78. The molecular formula is C13H18N2O2. The summed E-state index contributed by atoms with van der Waals surface area (Å²) in [6, 6.07) is 9.20. The largest absolute Gasteiger partial charge is 0.484 e. The average Bonchev–Trinajstić information content (AvgIpc) is 2.33. The van der Waals surface area contributed by atoms with Crippen molar-refractivity contribution in [2.24, 2.45) is 11.0 Å². The normalized spacial score (nSPS) is 10.8. The zero-order valence-corrected chi connectivity index (χ0v) is 10.2. The lowest BCUT2D eigenvalue weighted by molar-refractivity contribution is -0.123. The van der Waals surface area contributed by atoms with Crippen molar-refractivity contribution in [3.8, 4) is 5.75 Å². The van der Waals surface area contributed by atoms with E-state index in [1.165, 1.54) is 0 Å². The topological polar surface area (TPSA) is 50.7 Å². The molecule has 0 heterocycles. The second-order valence-corrected chi connectivity index (χ2v) is 4.08. The van der Waals surface area contributed by atoms with Crippen molar-refractivity contribution < 1.29 is 9.53 Å². The predicted octanol–water partition coefficient (Wildman–Crippen LogP) is 2.21. The smallest absolute Gasteiger partial charge is 0.277 e. The van der Waals surface area contributed by atoms with Crippen molar-refractivity contribution in [2.45, 2.75) is 20.3 Å². The third-order valence-corrected chi connectivity index (χ3v) is 1.97. The molecule has 0 bridgehead atoms. The maximum Gasteiger partial charge on any atom is 0.277 e. The van der Waals surface area contributed by atoms with Gasteiger partial charge in [0, 0.05) is 6.21 Å². The van der Waals surface area contributed by atoms with Crippen LogP contribution < -0.4 is 10.2 Å². The van der Waals surface area contributed by atoms with Crippen LogP contribution in [-0.2, 0) is 4.79 Å². The molecule has 4 heteroatoms. The Hall–Kier alpha value is -1.84. The molecule has 0 aliphatic rings. The minimum absolute atomic E-state index is 0.0248. The SMILES string of the molecule is CC(C)C/C=N/NC(=O)COc1ccccc1. The summed E-state index contributed by atoms with van der Waals surface area (Å²) in [6.45, 7) is 4.15. The molecule has 0 fully saturated rings. The molecule has 0 saturated heterocycles. The minimum Gasteiger partial charge on any atom is -0.484 e. The van der Waals surface area contributed by atoms with E-state index in [2.05, 4.69) is 24.4 Å². The average molecular weight is 234 g/mol. The Morgan fingerprint density at radius 1 is 1.41 bits per heavy atom. The number of carbonyl (C=O) groups is 1. The van der Waals surface area contributed by atoms with Gasteiger partial charge in [0.2, 0.25) is 0 Å². The van der Waals surface area contributed by atoms with E-state index < -0.39 is 0 Å². The molecule has 4 nitrogen and oxygen atoms in total.